The zero-order valence-corrected chi connectivity index (χ0v) is 10.5. The largest absolute Gasteiger partial charge is 0.475 e. The van der Waals surface area contributed by atoms with Crippen LogP contribution in [-0.4, -0.2) is 34.7 Å². The Morgan fingerprint density at radius 3 is 2.94 bits per heavy atom. The molecule has 98 valence electrons. The maximum atomic E-state index is 11.5. The number of urea groups is 1. The summed E-state index contributed by atoms with van der Waals surface area (Å²) in [5, 5.41) is 14.2. The van der Waals surface area contributed by atoms with Gasteiger partial charge in [-0.05, 0) is 24.3 Å². The second-order valence-corrected chi connectivity index (χ2v) is 5.11. The number of hydrogen-bond acceptors (Lipinski definition) is 4. The van der Waals surface area contributed by atoms with Crippen molar-refractivity contribution in [3.05, 3.63) is 23.7 Å². The minimum Gasteiger partial charge on any atom is -0.475 e. The normalized spacial score (nSPS) is 18.6. The van der Waals surface area contributed by atoms with E-state index in [9.17, 15) is 9.59 Å². The molecule has 0 bridgehead atoms. The molecule has 0 spiro atoms. The Bertz CT molecular complexity index is 440. The van der Waals surface area contributed by atoms with E-state index in [1.165, 1.54) is 12.1 Å². The van der Waals surface area contributed by atoms with Crippen LogP contribution < -0.4 is 10.6 Å². The molecular weight excluding hydrogens is 256 g/mol. The van der Waals surface area contributed by atoms with Crippen LogP contribution in [0.4, 0.5) is 4.79 Å². The van der Waals surface area contributed by atoms with Gasteiger partial charge in [0.1, 0.15) is 5.76 Å². The maximum Gasteiger partial charge on any atom is 0.371 e. The molecule has 0 radical (unpaired) electrons. The molecule has 1 fully saturated rings. The molecule has 18 heavy (non-hydrogen) atoms. The first kappa shape index (κ1) is 12.8. The summed E-state index contributed by atoms with van der Waals surface area (Å²) in [7, 11) is 0. The predicted molar refractivity (Wildman–Crippen MR) is 66.8 cm³/mol. The van der Waals surface area contributed by atoms with Crippen LogP contribution >= 0.6 is 11.8 Å². The maximum absolute atomic E-state index is 11.5. The Kier molecular flexibility index (Phi) is 4.14. The fraction of sp³-hybridized carbons (Fsp3) is 0.455. The minimum atomic E-state index is -1.12. The Labute approximate surface area is 108 Å². The van der Waals surface area contributed by atoms with Crippen molar-refractivity contribution in [2.75, 3.05) is 11.5 Å². The molecule has 0 saturated carbocycles. The highest BCUT2D eigenvalue weighted by Gasteiger charge is 2.17. The average Bonchev–Trinajstić information content (AvgIpc) is 2.96. The van der Waals surface area contributed by atoms with Gasteiger partial charge >= 0.3 is 12.0 Å². The number of amides is 2. The van der Waals surface area contributed by atoms with Crippen LogP contribution in [0.1, 0.15) is 22.7 Å². The number of carboxylic acids is 1. The Morgan fingerprint density at radius 2 is 2.33 bits per heavy atom. The highest BCUT2D eigenvalue weighted by molar-refractivity contribution is 7.99. The molecule has 3 N–H and O–H groups in total. The molecule has 2 amide bonds. The van der Waals surface area contributed by atoms with Crippen LogP contribution in [-0.2, 0) is 6.54 Å². The van der Waals surface area contributed by atoms with Gasteiger partial charge in [-0.25, -0.2) is 9.59 Å². The van der Waals surface area contributed by atoms with E-state index < -0.39 is 5.97 Å². The molecule has 2 rings (SSSR count). The van der Waals surface area contributed by atoms with Crippen LogP contribution in [0, 0.1) is 0 Å². The van der Waals surface area contributed by atoms with Gasteiger partial charge in [0.2, 0.25) is 5.76 Å². The van der Waals surface area contributed by atoms with Crippen LogP contribution in [0.5, 0.6) is 0 Å². The van der Waals surface area contributed by atoms with E-state index in [1.54, 1.807) is 0 Å². The van der Waals surface area contributed by atoms with E-state index in [1.807, 2.05) is 11.8 Å². The van der Waals surface area contributed by atoms with Gasteiger partial charge in [0, 0.05) is 11.8 Å². The lowest BCUT2D eigenvalue weighted by atomic mass is 10.3. The molecule has 0 aliphatic carbocycles. The van der Waals surface area contributed by atoms with Gasteiger partial charge in [-0.3, -0.25) is 0 Å². The molecule has 2 heterocycles. The zero-order chi connectivity index (χ0) is 13.0. The van der Waals surface area contributed by atoms with Crippen molar-refractivity contribution in [2.45, 2.75) is 19.0 Å². The number of thioether (sulfide) groups is 1. The number of carbonyl (C=O) groups excluding carboxylic acids is 1. The number of hydrogen-bond donors (Lipinski definition) is 3. The van der Waals surface area contributed by atoms with Crippen LogP contribution in [0.25, 0.3) is 0 Å². The summed E-state index contributed by atoms with van der Waals surface area (Å²) in [5.41, 5.74) is 0. The zero-order valence-electron chi connectivity index (χ0n) is 9.64. The third-order valence-corrected chi connectivity index (χ3v) is 3.72. The first-order chi connectivity index (χ1) is 8.65. The van der Waals surface area contributed by atoms with Crippen molar-refractivity contribution in [3.8, 4) is 0 Å². The molecule has 0 aromatic carbocycles. The smallest absolute Gasteiger partial charge is 0.371 e. The fourth-order valence-corrected chi connectivity index (χ4v) is 2.79. The molecule has 1 aliphatic heterocycles. The van der Waals surface area contributed by atoms with Gasteiger partial charge in [-0.2, -0.15) is 11.8 Å². The van der Waals surface area contributed by atoms with Crippen molar-refractivity contribution in [2.24, 2.45) is 0 Å². The number of furan rings is 1. The Balaban J connectivity index is 1.76. The van der Waals surface area contributed by atoms with E-state index in [-0.39, 0.29) is 24.4 Å². The number of carboxylic acid groups (broad SMARTS) is 1. The summed E-state index contributed by atoms with van der Waals surface area (Å²) in [5.74, 6) is 1.19. The molecule has 1 unspecified atom stereocenters. The highest BCUT2D eigenvalue weighted by atomic mass is 32.2. The SMILES string of the molecule is O=C(NCc1ccc(C(=O)O)o1)NC1CCSC1. The lowest BCUT2D eigenvalue weighted by Crippen LogP contribution is -2.41. The van der Waals surface area contributed by atoms with Gasteiger partial charge in [0.05, 0.1) is 6.54 Å². The van der Waals surface area contributed by atoms with Gasteiger partial charge in [0.15, 0.2) is 0 Å². The molecule has 1 saturated heterocycles. The van der Waals surface area contributed by atoms with Gasteiger partial charge in [0.25, 0.3) is 0 Å². The van der Waals surface area contributed by atoms with E-state index in [0.29, 0.717) is 5.76 Å². The number of aromatic carboxylic acids is 1. The van der Waals surface area contributed by atoms with Gasteiger partial charge < -0.3 is 20.2 Å². The first-order valence-electron chi connectivity index (χ1n) is 5.59. The van der Waals surface area contributed by atoms with Crippen molar-refractivity contribution < 1.29 is 19.1 Å². The number of rotatable bonds is 4. The highest BCUT2D eigenvalue weighted by Crippen LogP contribution is 2.16. The second kappa shape index (κ2) is 5.81. The molecule has 1 aliphatic rings. The standard InChI is InChI=1S/C11H14N2O4S/c14-10(15)9-2-1-8(17-9)5-12-11(16)13-7-3-4-18-6-7/h1-2,7H,3-6H2,(H,14,15)(H2,12,13,16). The van der Waals surface area contributed by atoms with Gasteiger partial charge in [-0.1, -0.05) is 0 Å². The molecular formula is C11H14N2O4S. The van der Waals surface area contributed by atoms with Gasteiger partial charge in [-0.15, -0.1) is 0 Å². The third-order valence-electron chi connectivity index (χ3n) is 2.56. The first-order valence-corrected chi connectivity index (χ1v) is 6.75. The number of nitrogens with one attached hydrogen (secondary N) is 2. The van der Waals surface area contributed by atoms with Crippen molar-refractivity contribution >= 4 is 23.8 Å². The lowest BCUT2D eigenvalue weighted by molar-refractivity contribution is 0.0660. The summed E-state index contributed by atoms with van der Waals surface area (Å²) >= 11 is 1.82. The van der Waals surface area contributed by atoms with E-state index in [4.69, 9.17) is 9.52 Å². The van der Waals surface area contributed by atoms with Crippen molar-refractivity contribution in [1.29, 1.82) is 0 Å². The van der Waals surface area contributed by atoms with E-state index in [2.05, 4.69) is 10.6 Å². The van der Waals surface area contributed by atoms with Crippen LogP contribution in [0.3, 0.4) is 0 Å². The summed E-state index contributed by atoms with van der Waals surface area (Å²) in [6.45, 7) is 0.180. The lowest BCUT2D eigenvalue weighted by Gasteiger charge is -2.11. The molecule has 1 atom stereocenters. The Hall–Kier alpha value is -1.63. The third kappa shape index (κ3) is 3.43. The van der Waals surface area contributed by atoms with Crippen molar-refractivity contribution in [3.63, 3.8) is 0 Å². The summed E-state index contributed by atoms with van der Waals surface area (Å²) in [6, 6.07) is 2.87. The molecule has 1 aromatic rings. The van der Waals surface area contributed by atoms with E-state index in [0.717, 1.165) is 17.9 Å². The second-order valence-electron chi connectivity index (χ2n) is 3.96. The summed E-state index contributed by atoms with van der Waals surface area (Å²) < 4.78 is 5.02. The molecule has 6 nitrogen and oxygen atoms in total. The van der Waals surface area contributed by atoms with Crippen LogP contribution in [0.15, 0.2) is 16.5 Å². The van der Waals surface area contributed by atoms with E-state index >= 15 is 0 Å². The van der Waals surface area contributed by atoms with Crippen LogP contribution in [0.2, 0.25) is 0 Å². The predicted octanol–water partition coefficient (Wildman–Crippen LogP) is 1.28. The topological polar surface area (TPSA) is 91.6 Å². The molecule has 1 aromatic heterocycles. The average molecular weight is 270 g/mol. The Morgan fingerprint density at radius 1 is 1.50 bits per heavy atom. The van der Waals surface area contributed by atoms with Crippen molar-refractivity contribution in [1.82, 2.24) is 10.6 Å². The number of carbonyl (C=O) groups is 2. The summed E-state index contributed by atoms with van der Waals surface area (Å²) in [6.07, 6.45) is 0.988. The summed E-state index contributed by atoms with van der Waals surface area (Å²) in [4.78, 5) is 22.1. The minimum absolute atomic E-state index is 0.126. The monoisotopic (exact) mass is 270 g/mol. The fourth-order valence-electron chi connectivity index (χ4n) is 1.64. The quantitative estimate of drug-likeness (QED) is 0.766. The molecule has 7 heteroatoms.